The second-order valence-corrected chi connectivity index (χ2v) is 4.17. The fraction of sp³-hybridized carbons (Fsp3) is 0.500. The SMILES string of the molecule is CC(c1cc(F)ccc1O)N1CCNCC1. The van der Waals surface area contributed by atoms with Gasteiger partial charge in [-0.2, -0.15) is 0 Å². The molecule has 0 radical (unpaired) electrons. The smallest absolute Gasteiger partial charge is 0.123 e. The zero-order chi connectivity index (χ0) is 11.5. The van der Waals surface area contributed by atoms with E-state index in [2.05, 4.69) is 10.2 Å². The standard InChI is InChI=1S/C12H17FN2O/c1-9(15-6-4-14-5-7-15)11-8-10(13)2-3-12(11)16/h2-3,8-9,14,16H,4-7H2,1H3. The minimum Gasteiger partial charge on any atom is -0.508 e. The van der Waals surface area contributed by atoms with Gasteiger partial charge < -0.3 is 10.4 Å². The molecule has 0 amide bonds. The number of piperazine rings is 1. The van der Waals surface area contributed by atoms with Crippen molar-refractivity contribution in [3.8, 4) is 5.75 Å². The molecule has 1 saturated heterocycles. The number of halogens is 1. The molecule has 0 bridgehead atoms. The zero-order valence-corrected chi connectivity index (χ0v) is 9.41. The molecule has 1 fully saturated rings. The van der Waals surface area contributed by atoms with Crippen LogP contribution >= 0.6 is 0 Å². The van der Waals surface area contributed by atoms with Crippen LogP contribution in [0.5, 0.6) is 5.75 Å². The Balaban J connectivity index is 2.18. The number of phenols is 1. The first-order valence-electron chi connectivity index (χ1n) is 5.61. The Hall–Kier alpha value is -1.13. The monoisotopic (exact) mass is 224 g/mol. The predicted molar refractivity (Wildman–Crippen MR) is 60.9 cm³/mol. The van der Waals surface area contributed by atoms with E-state index in [0.717, 1.165) is 26.2 Å². The van der Waals surface area contributed by atoms with Gasteiger partial charge in [-0.3, -0.25) is 4.90 Å². The molecule has 0 aliphatic carbocycles. The maximum Gasteiger partial charge on any atom is 0.123 e. The first kappa shape index (κ1) is 11.4. The molecule has 1 unspecified atom stereocenters. The average Bonchev–Trinajstić information content (AvgIpc) is 2.32. The van der Waals surface area contributed by atoms with Gasteiger partial charge in [0.15, 0.2) is 0 Å². The number of hydrogen-bond donors (Lipinski definition) is 2. The summed E-state index contributed by atoms with van der Waals surface area (Å²) in [5, 5.41) is 13.0. The van der Waals surface area contributed by atoms with E-state index in [1.807, 2.05) is 6.92 Å². The molecule has 0 aromatic heterocycles. The molecule has 88 valence electrons. The van der Waals surface area contributed by atoms with Crippen molar-refractivity contribution < 1.29 is 9.50 Å². The fourth-order valence-corrected chi connectivity index (χ4v) is 2.13. The highest BCUT2D eigenvalue weighted by molar-refractivity contribution is 5.35. The minimum atomic E-state index is -0.296. The Kier molecular flexibility index (Phi) is 3.41. The van der Waals surface area contributed by atoms with Gasteiger partial charge in [-0.15, -0.1) is 0 Å². The van der Waals surface area contributed by atoms with Gasteiger partial charge in [0.2, 0.25) is 0 Å². The van der Waals surface area contributed by atoms with Gasteiger partial charge in [0.25, 0.3) is 0 Å². The van der Waals surface area contributed by atoms with Crippen molar-refractivity contribution in [3.63, 3.8) is 0 Å². The molecular formula is C12H17FN2O. The van der Waals surface area contributed by atoms with Crippen molar-refractivity contribution in [2.75, 3.05) is 26.2 Å². The molecule has 4 heteroatoms. The van der Waals surface area contributed by atoms with E-state index in [1.165, 1.54) is 18.2 Å². The van der Waals surface area contributed by atoms with Gasteiger partial charge >= 0.3 is 0 Å². The van der Waals surface area contributed by atoms with Crippen molar-refractivity contribution >= 4 is 0 Å². The van der Waals surface area contributed by atoms with Crippen LogP contribution in [-0.2, 0) is 0 Å². The molecule has 3 nitrogen and oxygen atoms in total. The number of nitrogens with zero attached hydrogens (tertiary/aromatic N) is 1. The van der Waals surface area contributed by atoms with Crippen LogP contribution in [0.1, 0.15) is 18.5 Å². The Morgan fingerprint density at radius 3 is 2.75 bits per heavy atom. The van der Waals surface area contributed by atoms with Crippen molar-refractivity contribution in [2.45, 2.75) is 13.0 Å². The number of hydrogen-bond acceptors (Lipinski definition) is 3. The number of phenolic OH excluding ortho intramolecular Hbond substituents is 1. The van der Waals surface area contributed by atoms with Crippen molar-refractivity contribution in [1.29, 1.82) is 0 Å². The molecule has 1 aliphatic rings. The topological polar surface area (TPSA) is 35.5 Å². The number of benzene rings is 1. The molecule has 2 N–H and O–H groups in total. The number of rotatable bonds is 2. The van der Waals surface area contributed by atoms with Crippen molar-refractivity contribution in [3.05, 3.63) is 29.6 Å². The third-order valence-electron chi connectivity index (χ3n) is 3.14. The number of aromatic hydroxyl groups is 1. The maximum atomic E-state index is 13.1. The van der Waals surface area contributed by atoms with Crippen molar-refractivity contribution in [1.82, 2.24) is 10.2 Å². The second kappa shape index (κ2) is 4.80. The Morgan fingerprint density at radius 1 is 1.38 bits per heavy atom. The van der Waals surface area contributed by atoms with Crippen LogP contribution in [0.3, 0.4) is 0 Å². The highest BCUT2D eigenvalue weighted by Gasteiger charge is 2.20. The van der Waals surface area contributed by atoms with Gasteiger partial charge in [-0.25, -0.2) is 4.39 Å². The van der Waals surface area contributed by atoms with Gasteiger partial charge in [0.05, 0.1) is 0 Å². The van der Waals surface area contributed by atoms with Crippen LogP contribution in [0, 0.1) is 5.82 Å². The van der Waals surface area contributed by atoms with E-state index in [4.69, 9.17) is 0 Å². The normalized spacial score (nSPS) is 19.6. The highest BCUT2D eigenvalue weighted by atomic mass is 19.1. The lowest BCUT2D eigenvalue weighted by Gasteiger charge is -2.33. The van der Waals surface area contributed by atoms with Crippen LogP contribution in [0.4, 0.5) is 4.39 Å². The Morgan fingerprint density at radius 2 is 2.06 bits per heavy atom. The number of nitrogens with one attached hydrogen (secondary N) is 1. The lowest BCUT2D eigenvalue weighted by molar-refractivity contribution is 0.182. The summed E-state index contributed by atoms with van der Waals surface area (Å²) < 4.78 is 13.1. The third-order valence-corrected chi connectivity index (χ3v) is 3.14. The van der Waals surface area contributed by atoms with E-state index in [9.17, 15) is 9.50 Å². The fourth-order valence-electron chi connectivity index (χ4n) is 2.13. The average molecular weight is 224 g/mol. The quantitative estimate of drug-likeness (QED) is 0.799. The van der Waals surface area contributed by atoms with Gasteiger partial charge in [-0.1, -0.05) is 0 Å². The van der Waals surface area contributed by atoms with Crippen molar-refractivity contribution in [2.24, 2.45) is 0 Å². The lowest BCUT2D eigenvalue weighted by Crippen LogP contribution is -2.44. The summed E-state index contributed by atoms with van der Waals surface area (Å²) >= 11 is 0. The summed E-state index contributed by atoms with van der Waals surface area (Å²) in [5.41, 5.74) is 0.668. The summed E-state index contributed by atoms with van der Waals surface area (Å²) in [7, 11) is 0. The zero-order valence-electron chi connectivity index (χ0n) is 9.41. The summed E-state index contributed by atoms with van der Waals surface area (Å²) in [5.74, 6) is -0.123. The van der Waals surface area contributed by atoms with Crippen LogP contribution in [0.25, 0.3) is 0 Å². The van der Waals surface area contributed by atoms with E-state index in [-0.39, 0.29) is 17.6 Å². The van der Waals surface area contributed by atoms with E-state index < -0.39 is 0 Å². The first-order chi connectivity index (χ1) is 7.68. The first-order valence-corrected chi connectivity index (χ1v) is 5.61. The molecule has 1 aromatic rings. The second-order valence-electron chi connectivity index (χ2n) is 4.17. The summed E-state index contributed by atoms with van der Waals surface area (Å²) in [6.07, 6.45) is 0. The molecule has 1 aromatic carbocycles. The lowest BCUT2D eigenvalue weighted by atomic mass is 10.0. The van der Waals surface area contributed by atoms with Crippen LogP contribution in [-0.4, -0.2) is 36.2 Å². The Labute approximate surface area is 94.9 Å². The minimum absolute atomic E-state index is 0.0535. The molecular weight excluding hydrogens is 207 g/mol. The van der Waals surface area contributed by atoms with Gasteiger partial charge in [0, 0.05) is 37.8 Å². The Bertz CT molecular complexity index is 364. The van der Waals surface area contributed by atoms with Crippen LogP contribution in [0.2, 0.25) is 0 Å². The van der Waals surface area contributed by atoms with Crippen LogP contribution < -0.4 is 5.32 Å². The third kappa shape index (κ3) is 2.33. The van der Waals surface area contributed by atoms with E-state index in [1.54, 1.807) is 0 Å². The van der Waals surface area contributed by atoms with Crippen LogP contribution in [0.15, 0.2) is 18.2 Å². The molecule has 1 atom stereocenters. The summed E-state index contributed by atoms with van der Waals surface area (Å²) in [4.78, 5) is 2.24. The largest absolute Gasteiger partial charge is 0.508 e. The predicted octanol–water partition coefficient (Wildman–Crippen LogP) is 1.50. The molecule has 16 heavy (non-hydrogen) atoms. The van der Waals surface area contributed by atoms with Gasteiger partial charge in [-0.05, 0) is 25.1 Å². The van der Waals surface area contributed by atoms with E-state index in [0.29, 0.717) is 5.56 Å². The highest BCUT2D eigenvalue weighted by Crippen LogP contribution is 2.28. The summed E-state index contributed by atoms with van der Waals surface area (Å²) in [6.45, 7) is 5.74. The van der Waals surface area contributed by atoms with E-state index >= 15 is 0 Å². The summed E-state index contributed by atoms with van der Waals surface area (Å²) in [6, 6.07) is 4.17. The molecule has 1 heterocycles. The maximum absolute atomic E-state index is 13.1. The molecule has 1 aliphatic heterocycles. The van der Waals surface area contributed by atoms with Gasteiger partial charge in [0.1, 0.15) is 11.6 Å². The molecule has 2 rings (SSSR count). The molecule has 0 saturated carbocycles. The molecule has 0 spiro atoms.